The van der Waals surface area contributed by atoms with Crippen LogP contribution in [0.15, 0.2) is 18.2 Å². The van der Waals surface area contributed by atoms with Crippen molar-refractivity contribution in [1.29, 1.82) is 0 Å². The van der Waals surface area contributed by atoms with Crippen LogP contribution in [0.1, 0.15) is 101 Å². The number of nitrogens with zero attached hydrogens (tertiary/aromatic N) is 1. The highest BCUT2D eigenvalue weighted by atomic mass is 19.1. The summed E-state index contributed by atoms with van der Waals surface area (Å²) in [6, 6.07) is 4.12. The topological polar surface area (TPSA) is 53.4 Å². The van der Waals surface area contributed by atoms with Crippen LogP contribution in [0.4, 0.5) is 4.39 Å². The Hall–Kier alpha value is -1.94. The van der Waals surface area contributed by atoms with Crippen LogP contribution in [0.25, 0.3) is 11.1 Å². The van der Waals surface area contributed by atoms with E-state index in [9.17, 15) is 14.6 Å². The number of pyridine rings is 1. The molecule has 3 nitrogen and oxygen atoms in total. The molecule has 2 rings (SSSR count). The minimum atomic E-state index is -0.740. The van der Waals surface area contributed by atoms with Crippen LogP contribution in [0.2, 0.25) is 0 Å². The largest absolute Gasteiger partial charge is 0.507 e. The third-order valence-corrected chi connectivity index (χ3v) is 5.17. The van der Waals surface area contributed by atoms with Gasteiger partial charge in [-0.25, -0.2) is 4.39 Å². The van der Waals surface area contributed by atoms with E-state index in [0.29, 0.717) is 5.56 Å². The van der Waals surface area contributed by atoms with Gasteiger partial charge in [0, 0.05) is 28.6 Å². The van der Waals surface area contributed by atoms with Gasteiger partial charge in [0.05, 0.1) is 6.10 Å². The fourth-order valence-corrected chi connectivity index (χ4v) is 3.85. The lowest BCUT2D eigenvalue weighted by molar-refractivity contribution is 0.197. The molecule has 0 unspecified atom stereocenters. The van der Waals surface area contributed by atoms with E-state index in [2.05, 4.69) is 34.6 Å². The van der Waals surface area contributed by atoms with Crippen molar-refractivity contribution in [2.24, 2.45) is 0 Å². The molecule has 0 saturated carbocycles. The first-order valence-corrected chi connectivity index (χ1v) is 10.4. The Kier molecular flexibility index (Phi) is 7.59. The standard InChI is InChI=1S/C24H34FNO2/c1-7-8-9-10-19-22(18-12-11-17(25)13-20(18)28)21(16(6)27)24(15(4)5)26-23(19)14(2)3/h11-16,27-28H,7-10H2,1-6H3/t16-/m1/s1. The predicted octanol–water partition coefficient (Wildman–Crippen LogP) is 6.63. The van der Waals surface area contributed by atoms with Crippen molar-refractivity contribution in [2.75, 3.05) is 0 Å². The molecule has 1 aromatic carbocycles. The number of benzene rings is 1. The molecule has 1 atom stereocenters. The van der Waals surface area contributed by atoms with Crippen molar-refractivity contribution in [3.8, 4) is 16.9 Å². The van der Waals surface area contributed by atoms with Crippen LogP contribution in [-0.2, 0) is 6.42 Å². The number of aromatic hydroxyl groups is 1. The maximum Gasteiger partial charge on any atom is 0.126 e. The van der Waals surface area contributed by atoms with Crippen molar-refractivity contribution in [3.63, 3.8) is 0 Å². The van der Waals surface area contributed by atoms with E-state index >= 15 is 0 Å². The molecule has 2 N–H and O–H groups in total. The molecule has 0 aliphatic rings. The maximum atomic E-state index is 13.7. The van der Waals surface area contributed by atoms with Crippen LogP contribution in [-0.4, -0.2) is 15.2 Å². The molecule has 2 aromatic rings. The summed E-state index contributed by atoms with van der Waals surface area (Å²) < 4.78 is 13.7. The molecule has 0 saturated heterocycles. The van der Waals surface area contributed by atoms with Crippen LogP contribution in [0, 0.1) is 5.82 Å². The van der Waals surface area contributed by atoms with Gasteiger partial charge in [0.1, 0.15) is 11.6 Å². The van der Waals surface area contributed by atoms with Gasteiger partial charge in [-0.2, -0.15) is 0 Å². The molecule has 0 spiro atoms. The van der Waals surface area contributed by atoms with Gasteiger partial charge in [0.15, 0.2) is 0 Å². The Morgan fingerprint density at radius 3 is 2.14 bits per heavy atom. The normalized spacial score (nSPS) is 12.8. The lowest BCUT2D eigenvalue weighted by Gasteiger charge is -2.26. The van der Waals surface area contributed by atoms with E-state index in [1.165, 1.54) is 6.07 Å². The van der Waals surface area contributed by atoms with Gasteiger partial charge in [-0.15, -0.1) is 0 Å². The molecule has 1 aromatic heterocycles. The van der Waals surface area contributed by atoms with Gasteiger partial charge in [-0.05, 0) is 54.9 Å². The molecule has 0 bridgehead atoms. The molecule has 0 radical (unpaired) electrons. The third-order valence-electron chi connectivity index (χ3n) is 5.17. The van der Waals surface area contributed by atoms with Gasteiger partial charge in [-0.1, -0.05) is 47.5 Å². The number of hydrogen-bond donors (Lipinski definition) is 2. The minimum Gasteiger partial charge on any atom is -0.507 e. The lowest BCUT2D eigenvalue weighted by atomic mass is 9.83. The molecule has 4 heteroatoms. The summed E-state index contributed by atoms with van der Waals surface area (Å²) in [7, 11) is 0. The number of aliphatic hydroxyl groups excluding tert-OH is 1. The number of aliphatic hydroxyl groups is 1. The highest BCUT2D eigenvalue weighted by Crippen LogP contribution is 2.43. The van der Waals surface area contributed by atoms with E-state index in [4.69, 9.17) is 4.98 Å². The zero-order valence-corrected chi connectivity index (χ0v) is 18.0. The second kappa shape index (κ2) is 9.51. The first kappa shape index (κ1) is 22.4. The fraction of sp³-hybridized carbons (Fsp3) is 0.542. The SMILES string of the molecule is CCCCCc1c(C(C)C)nc(C(C)C)c([C@@H](C)O)c1-c1ccc(F)cc1O. The number of unbranched alkanes of at least 4 members (excludes halogenated alkanes) is 2. The van der Waals surface area contributed by atoms with E-state index in [1.807, 2.05) is 0 Å². The van der Waals surface area contributed by atoms with Crippen molar-refractivity contribution in [3.05, 3.63) is 46.5 Å². The number of rotatable bonds is 8. The average molecular weight is 388 g/mol. The molecule has 0 fully saturated rings. The Labute approximate surface area is 168 Å². The van der Waals surface area contributed by atoms with Crippen LogP contribution in [0.5, 0.6) is 5.75 Å². The van der Waals surface area contributed by atoms with Crippen LogP contribution < -0.4 is 0 Å². The van der Waals surface area contributed by atoms with Crippen molar-refractivity contribution < 1.29 is 14.6 Å². The second-order valence-electron chi connectivity index (χ2n) is 8.25. The Morgan fingerprint density at radius 2 is 1.64 bits per heavy atom. The highest BCUT2D eigenvalue weighted by Gasteiger charge is 2.27. The van der Waals surface area contributed by atoms with E-state index in [0.717, 1.165) is 59.8 Å². The van der Waals surface area contributed by atoms with E-state index < -0.39 is 11.9 Å². The predicted molar refractivity (Wildman–Crippen MR) is 113 cm³/mol. The zero-order chi connectivity index (χ0) is 21.0. The zero-order valence-electron chi connectivity index (χ0n) is 18.0. The Morgan fingerprint density at radius 1 is 1.00 bits per heavy atom. The van der Waals surface area contributed by atoms with Crippen LogP contribution >= 0.6 is 0 Å². The molecule has 28 heavy (non-hydrogen) atoms. The first-order valence-electron chi connectivity index (χ1n) is 10.4. The summed E-state index contributed by atoms with van der Waals surface area (Å²) >= 11 is 0. The molecule has 154 valence electrons. The summed E-state index contributed by atoms with van der Waals surface area (Å²) in [4.78, 5) is 4.99. The van der Waals surface area contributed by atoms with Crippen molar-refractivity contribution >= 4 is 0 Å². The van der Waals surface area contributed by atoms with Crippen LogP contribution in [0.3, 0.4) is 0 Å². The number of phenols is 1. The minimum absolute atomic E-state index is 0.103. The van der Waals surface area contributed by atoms with Gasteiger partial charge in [0.25, 0.3) is 0 Å². The van der Waals surface area contributed by atoms with Crippen molar-refractivity contribution in [1.82, 2.24) is 4.98 Å². The first-order chi connectivity index (χ1) is 13.2. The molecule has 0 aliphatic heterocycles. The van der Waals surface area contributed by atoms with Gasteiger partial charge < -0.3 is 10.2 Å². The fourth-order valence-electron chi connectivity index (χ4n) is 3.85. The molecule has 0 aliphatic carbocycles. The van der Waals surface area contributed by atoms with Gasteiger partial charge >= 0.3 is 0 Å². The monoisotopic (exact) mass is 387 g/mol. The Balaban J connectivity index is 2.92. The quantitative estimate of drug-likeness (QED) is 0.500. The van der Waals surface area contributed by atoms with Gasteiger partial charge in [-0.3, -0.25) is 4.98 Å². The lowest BCUT2D eigenvalue weighted by Crippen LogP contribution is -2.14. The van der Waals surface area contributed by atoms with Gasteiger partial charge in [0.2, 0.25) is 0 Å². The van der Waals surface area contributed by atoms with E-state index in [1.54, 1.807) is 13.0 Å². The molecular formula is C24H34FNO2. The smallest absolute Gasteiger partial charge is 0.126 e. The summed E-state index contributed by atoms with van der Waals surface area (Å²) in [5.74, 6) is -0.254. The number of phenolic OH excluding ortho intramolecular Hbond substituents is 1. The second-order valence-corrected chi connectivity index (χ2v) is 8.25. The summed E-state index contributed by atoms with van der Waals surface area (Å²) in [6.45, 7) is 12.3. The summed E-state index contributed by atoms with van der Waals surface area (Å²) in [6.07, 6.45) is 3.29. The maximum absolute atomic E-state index is 13.7. The number of aromatic nitrogens is 1. The summed E-state index contributed by atoms with van der Waals surface area (Å²) in [5, 5.41) is 21.2. The third kappa shape index (κ3) is 4.72. The molecule has 0 amide bonds. The highest BCUT2D eigenvalue weighted by molar-refractivity contribution is 5.78. The average Bonchev–Trinajstić information content (AvgIpc) is 2.60. The Bertz CT molecular complexity index is 813. The number of hydrogen-bond acceptors (Lipinski definition) is 3. The molecular weight excluding hydrogens is 353 g/mol. The van der Waals surface area contributed by atoms with Crippen molar-refractivity contribution in [2.45, 2.75) is 85.2 Å². The van der Waals surface area contributed by atoms with E-state index in [-0.39, 0.29) is 17.6 Å². The molecule has 1 heterocycles. The number of halogens is 1. The summed E-state index contributed by atoms with van der Waals surface area (Å²) in [5.41, 5.74) is 5.04.